The van der Waals surface area contributed by atoms with Crippen LogP contribution in [0.2, 0.25) is 0 Å². The number of rotatable bonds is 4. The lowest BCUT2D eigenvalue weighted by atomic mass is 9.47. The van der Waals surface area contributed by atoms with Crippen molar-refractivity contribution in [2.24, 2.45) is 0 Å². The van der Waals surface area contributed by atoms with Crippen LogP contribution in [0.3, 0.4) is 0 Å². The maximum atomic E-state index is 12.6. The Balaban J connectivity index is 1.64. The highest BCUT2D eigenvalue weighted by molar-refractivity contribution is 5.63. The summed E-state index contributed by atoms with van der Waals surface area (Å²) in [5, 5.41) is 22.1. The molecule has 6 rings (SSSR count). The number of piperidine rings is 1. The first-order valence-corrected chi connectivity index (χ1v) is 10.8. The summed E-state index contributed by atoms with van der Waals surface area (Å²) in [6.07, 6.45) is 0.758. The predicted octanol–water partition coefficient (Wildman–Crippen LogP) is 0.210. The molecular weight excluding hydrogens is 390 g/mol. The molecule has 0 amide bonds. The van der Waals surface area contributed by atoms with Crippen LogP contribution in [0.5, 0.6) is 11.5 Å². The fourth-order valence-electron chi connectivity index (χ4n) is 7.03. The van der Waals surface area contributed by atoms with Crippen LogP contribution in [0.1, 0.15) is 24.0 Å². The third-order valence-corrected chi connectivity index (χ3v) is 8.13. The molecule has 1 aromatic rings. The molecular formula is C22H29NO7. The largest absolute Gasteiger partial charge is 0.493 e. The minimum atomic E-state index is -1.14. The Morgan fingerprint density at radius 3 is 2.97 bits per heavy atom. The summed E-state index contributed by atoms with van der Waals surface area (Å²) < 4.78 is 31.1. The summed E-state index contributed by atoms with van der Waals surface area (Å²) >= 11 is 0. The molecule has 3 fully saturated rings. The summed E-state index contributed by atoms with van der Waals surface area (Å²) in [5.41, 5.74) is 0.319. The van der Waals surface area contributed by atoms with Crippen molar-refractivity contribution in [3.63, 3.8) is 0 Å². The van der Waals surface area contributed by atoms with Gasteiger partial charge in [0.2, 0.25) is 5.79 Å². The third kappa shape index (κ3) is 2.03. The molecule has 5 aliphatic rings. The Morgan fingerprint density at radius 2 is 2.17 bits per heavy atom. The van der Waals surface area contributed by atoms with Crippen LogP contribution in [0.15, 0.2) is 12.1 Å². The van der Waals surface area contributed by atoms with E-state index < -0.39 is 29.0 Å². The second-order valence-corrected chi connectivity index (χ2v) is 9.17. The smallest absolute Gasteiger partial charge is 0.209 e. The molecule has 2 saturated heterocycles. The van der Waals surface area contributed by atoms with Gasteiger partial charge >= 0.3 is 0 Å². The van der Waals surface area contributed by atoms with Crippen molar-refractivity contribution in [3.8, 4) is 11.5 Å². The lowest BCUT2D eigenvalue weighted by Crippen LogP contribution is -2.83. The molecule has 4 bridgehead atoms. The first-order chi connectivity index (χ1) is 14.5. The number of nitrogens with zero attached hydrogens (tertiary/aromatic N) is 1. The van der Waals surface area contributed by atoms with Crippen LogP contribution in [0, 0.1) is 0 Å². The van der Waals surface area contributed by atoms with Crippen LogP contribution in [0.25, 0.3) is 0 Å². The monoisotopic (exact) mass is 419 g/mol. The van der Waals surface area contributed by atoms with Gasteiger partial charge in [-0.1, -0.05) is 6.07 Å². The number of aliphatic hydroxyl groups is 2. The zero-order valence-electron chi connectivity index (χ0n) is 17.4. The molecule has 6 unspecified atom stereocenters. The van der Waals surface area contributed by atoms with E-state index in [0.29, 0.717) is 37.6 Å². The Hall–Kier alpha value is -1.42. The normalized spacial score (nSPS) is 43.5. The van der Waals surface area contributed by atoms with Crippen LogP contribution < -0.4 is 9.47 Å². The van der Waals surface area contributed by atoms with Crippen LogP contribution in [-0.4, -0.2) is 91.9 Å². The van der Waals surface area contributed by atoms with E-state index in [4.69, 9.17) is 23.7 Å². The zero-order valence-corrected chi connectivity index (χ0v) is 17.4. The van der Waals surface area contributed by atoms with Crippen molar-refractivity contribution in [3.05, 3.63) is 23.3 Å². The molecule has 8 heteroatoms. The minimum absolute atomic E-state index is 0.0943. The average molecular weight is 419 g/mol. The van der Waals surface area contributed by atoms with E-state index in [1.54, 1.807) is 7.11 Å². The van der Waals surface area contributed by atoms with E-state index in [0.717, 1.165) is 18.5 Å². The van der Waals surface area contributed by atoms with E-state index in [-0.39, 0.29) is 19.3 Å². The molecule has 2 aliphatic carbocycles. The molecule has 1 spiro atoms. The van der Waals surface area contributed by atoms with E-state index >= 15 is 0 Å². The SMILES string of the molecule is COc1ccc2c3c1OC1C4(OCCO)CC(OCCO4)C4(O)C(C2)N(C)CCC314. The quantitative estimate of drug-likeness (QED) is 0.716. The molecule has 6 atom stereocenters. The average Bonchev–Trinajstić information content (AvgIpc) is 2.97. The molecule has 0 aromatic heterocycles. The van der Waals surface area contributed by atoms with Gasteiger partial charge in [0.25, 0.3) is 0 Å². The van der Waals surface area contributed by atoms with Crippen molar-refractivity contribution in [2.45, 2.75) is 54.3 Å². The fourth-order valence-corrected chi connectivity index (χ4v) is 7.03. The highest BCUT2D eigenvalue weighted by Gasteiger charge is 2.80. The molecule has 0 radical (unpaired) electrons. The number of fused-ring (bicyclic) bond motifs is 3. The maximum absolute atomic E-state index is 12.6. The van der Waals surface area contributed by atoms with Gasteiger partial charge in [0.1, 0.15) is 5.60 Å². The third-order valence-electron chi connectivity index (χ3n) is 8.13. The second kappa shape index (κ2) is 6.31. The lowest BCUT2D eigenvalue weighted by Gasteiger charge is -2.66. The molecule has 164 valence electrons. The summed E-state index contributed by atoms with van der Waals surface area (Å²) in [6, 6.07) is 3.94. The Morgan fingerprint density at radius 1 is 1.30 bits per heavy atom. The number of ether oxygens (including phenoxy) is 5. The summed E-state index contributed by atoms with van der Waals surface area (Å²) in [7, 11) is 3.71. The number of hydrogen-bond acceptors (Lipinski definition) is 8. The van der Waals surface area contributed by atoms with Gasteiger partial charge in [0, 0.05) is 18.0 Å². The molecule has 3 aliphatic heterocycles. The second-order valence-electron chi connectivity index (χ2n) is 9.17. The highest BCUT2D eigenvalue weighted by atomic mass is 16.7. The maximum Gasteiger partial charge on any atom is 0.209 e. The molecule has 1 aromatic carbocycles. The van der Waals surface area contributed by atoms with Gasteiger partial charge in [-0.3, -0.25) is 0 Å². The minimum Gasteiger partial charge on any atom is -0.493 e. The van der Waals surface area contributed by atoms with Gasteiger partial charge in [0.15, 0.2) is 17.6 Å². The Labute approximate surface area is 175 Å². The van der Waals surface area contributed by atoms with Crippen molar-refractivity contribution in [1.82, 2.24) is 4.90 Å². The molecule has 3 heterocycles. The summed E-state index contributed by atoms with van der Waals surface area (Å²) in [5.74, 6) is 0.237. The molecule has 2 N–H and O–H groups in total. The van der Waals surface area contributed by atoms with Crippen LogP contribution >= 0.6 is 0 Å². The van der Waals surface area contributed by atoms with Crippen LogP contribution in [-0.2, 0) is 26.0 Å². The van der Waals surface area contributed by atoms with E-state index in [1.165, 1.54) is 5.56 Å². The Kier molecular flexibility index (Phi) is 4.05. The van der Waals surface area contributed by atoms with Crippen molar-refractivity contribution < 1.29 is 33.9 Å². The van der Waals surface area contributed by atoms with E-state index in [2.05, 4.69) is 18.0 Å². The predicted molar refractivity (Wildman–Crippen MR) is 105 cm³/mol. The van der Waals surface area contributed by atoms with Crippen molar-refractivity contribution in [2.75, 3.05) is 47.1 Å². The lowest BCUT2D eigenvalue weighted by molar-refractivity contribution is -0.344. The van der Waals surface area contributed by atoms with Gasteiger partial charge in [0.05, 0.1) is 45.1 Å². The Bertz CT molecular complexity index is 879. The number of aliphatic hydroxyl groups excluding tert-OH is 1. The summed E-state index contributed by atoms with van der Waals surface area (Å²) in [4.78, 5) is 2.25. The van der Waals surface area contributed by atoms with Crippen molar-refractivity contribution in [1.29, 1.82) is 0 Å². The zero-order chi connectivity index (χ0) is 20.7. The van der Waals surface area contributed by atoms with Gasteiger partial charge < -0.3 is 38.8 Å². The number of hydrogen-bond donors (Lipinski definition) is 2. The van der Waals surface area contributed by atoms with Crippen molar-refractivity contribution >= 4 is 0 Å². The number of benzene rings is 1. The van der Waals surface area contributed by atoms with Crippen LogP contribution in [0.4, 0.5) is 0 Å². The van der Waals surface area contributed by atoms with Gasteiger partial charge in [-0.25, -0.2) is 0 Å². The topological polar surface area (TPSA) is 89.9 Å². The number of likely N-dealkylation sites (N-methyl/N-ethyl adjacent to an activating group) is 1. The molecule has 8 nitrogen and oxygen atoms in total. The first-order valence-electron chi connectivity index (χ1n) is 10.8. The van der Waals surface area contributed by atoms with Gasteiger partial charge in [-0.2, -0.15) is 0 Å². The fraction of sp³-hybridized carbons (Fsp3) is 0.727. The molecule has 30 heavy (non-hydrogen) atoms. The number of methoxy groups -OCH3 is 1. The first kappa shape index (κ1) is 19.3. The summed E-state index contributed by atoms with van der Waals surface area (Å²) in [6.45, 7) is 1.56. The molecule has 1 saturated carbocycles. The van der Waals surface area contributed by atoms with Gasteiger partial charge in [-0.15, -0.1) is 0 Å². The highest BCUT2D eigenvalue weighted by Crippen LogP contribution is 2.68. The van der Waals surface area contributed by atoms with E-state index in [1.807, 2.05) is 6.07 Å². The standard InChI is InChI=1S/C22H29NO7/c1-23-6-5-20-17-13-3-4-14(26-2)18(17)30-19(20)21(28-8-7-24)12-16(27-9-10-29-21)22(20,25)15(23)11-13/h3-4,15-16,19,24-25H,5-12H2,1-2H3. The van der Waals surface area contributed by atoms with E-state index in [9.17, 15) is 10.2 Å². The number of likely N-dealkylation sites (tertiary alicyclic amines) is 1. The van der Waals surface area contributed by atoms with Gasteiger partial charge in [-0.05, 0) is 38.1 Å².